The summed E-state index contributed by atoms with van der Waals surface area (Å²) in [5.74, 6) is 0.0730. The monoisotopic (exact) mass is 418 g/mol. The minimum Gasteiger partial charge on any atom is -0.340 e. The second kappa shape index (κ2) is 8.96. The molecule has 9 nitrogen and oxygen atoms in total. The second-order valence-corrected chi connectivity index (χ2v) is 8.38. The third-order valence-electron chi connectivity index (χ3n) is 4.92. The first-order valence-electron chi connectivity index (χ1n) is 8.64. The van der Waals surface area contributed by atoms with Crippen LogP contribution in [0.1, 0.15) is 12.8 Å². The smallest absolute Gasteiger partial charge is 0.289 e. The van der Waals surface area contributed by atoms with Gasteiger partial charge in [0.2, 0.25) is 15.9 Å². The number of nitrogens with one attached hydrogen (secondary N) is 1. The van der Waals surface area contributed by atoms with E-state index in [1.54, 1.807) is 4.90 Å². The lowest BCUT2D eigenvalue weighted by Crippen LogP contribution is -2.52. The van der Waals surface area contributed by atoms with Gasteiger partial charge >= 0.3 is 0 Å². The number of rotatable bonds is 4. The van der Waals surface area contributed by atoms with E-state index in [0.29, 0.717) is 13.1 Å². The van der Waals surface area contributed by atoms with E-state index < -0.39 is 20.6 Å². The molecule has 0 radical (unpaired) electrons. The Balaban J connectivity index is 0.00000261. The third-order valence-corrected chi connectivity index (χ3v) is 6.86. The molecule has 0 bridgehead atoms. The number of para-hydroxylation sites is 1. The lowest BCUT2D eigenvalue weighted by molar-refractivity contribution is -0.387. The summed E-state index contributed by atoms with van der Waals surface area (Å²) < 4.78 is 26.8. The van der Waals surface area contributed by atoms with E-state index in [2.05, 4.69) is 5.32 Å². The number of piperazine rings is 1. The quantitative estimate of drug-likeness (QED) is 0.572. The van der Waals surface area contributed by atoms with Crippen molar-refractivity contribution in [2.45, 2.75) is 17.7 Å². The summed E-state index contributed by atoms with van der Waals surface area (Å²) in [7, 11) is -3.97. The molecular formula is C16H23ClN4O5S. The van der Waals surface area contributed by atoms with Crippen LogP contribution < -0.4 is 5.32 Å². The van der Waals surface area contributed by atoms with Crippen LogP contribution in [0.2, 0.25) is 0 Å². The lowest BCUT2D eigenvalue weighted by atomic mass is 9.96. The van der Waals surface area contributed by atoms with Gasteiger partial charge in [0.1, 0.15) is 0 Å². The van der Waals surface area contributed by atoms with E-state index in [-0.39, 0.29) is 42.2 Å². The highest BCUT2D eigenvalue weighted by Crippen LogP contribution is 2.27. The molecule has 150 valence electrons. The van der Waals surface area contributed by atoms with E-state index in [1.165, 1.54) is 28.6 Å². The van der Waals surface area contributed by atoms with Gasteiger partial charge in [0.15, 0.2) is 4.90 Å². The Hall–Kier alpha value is -1.75. The fraction of sp³-hybridized carbons (Fsp3) is 0.562. The van der Waals surface area contributed by atoms with Crippen LogP contribution in [0.15, 0.2) is 29.2 Å². The normalized spacial score (nSPS) is 19.3. The number of amides is 1. The number of nitro groups is 1. The fourth-order valence-electron chi connectivity index (χ4n) is 3.44. The zero-order chi connectivity index (χ0) is 18.7. The zero-order valence-corrected chi connectivity index (χ0v) is 16.4. The highest BCUT2D eigenvalue weighted by Gasteiger charge is 2.35. The molecule has 1 aromatic carbocycles. The molecule has 0 atom stereocenters. The number of carbonyl (C=O) groups excluding carboxylic acids is 1. The van der Waals surface area contributed by atoms with Gasteiger partial charge in [-0.2, -0.15) is 4.31 Å². The van der Waals surface area contributed by atoms with Gasteiger partial charge in [-0.25, -0.2) is 8.42 Å². The molecule has 1 aromatic rings. The Labute approximate surface area is 164 Å². The van der Waals surface area contributed by atoms with Gasteiger partial charge in [0, 0.05) is 38.2 Å². The molecule has 0 unspecified atom stereocenters. The first-order valence-corrected chi connectivity index (χ1v) is 10.1. The number of nitrogens with zero attached hydrogens (tertiary/aromatic N) is 3. The molecule has 0 aromatic heterocycles. The first kappa shape index (κ1) is 21.5. The van der Waals surface area contributed by atoms with E-state index in [4.69, 9.17) is 0 Å². The van der Waals surface area contributed by atoms with Gasteiger partial charge in [-0.3, -0.25) is 14.9 Å². The van der Waals surface area contributed by atoms with Crippen molar-refractivity contribution in [2.24, 2.45) is 5.92 Å². The van der Waals surface area contributed by atoms with Gasteiger partial charge < -0.3 is 10.2 Å². The van der Waals surface area contributed by atoms with Crippen LogP contribution in [0, 0.1) is 16.0 Å². The summed E-state index contributed by atoms with van der Waals surface area (Å²) in [5, 5.41) is 14.4. The minimum absolute atomic E-state index is 0. The molecule has 3 rings (SSSR count). The molecule has 1 amide bonds. The molecule has 0 spiro atoms. The van der Waals surface area contributed by atoms with Gasteiger partial charge in [0.25, 0.3) is 5.69 Å². The summed E-state index contributed by atoms with van der Waals surface area (Å²) >= 11 is 0. The van der Waals surface area contributed by atoms with Crippen LogP contribution >= 0.6 is 12.4 Å². The van der Waals surface area contributed by atoms with E-state index in [0.717, 1.165) is 25.9 Å². The molecule has 27 heavy (non-hydrogen) atoms. The van der Waals surface area contributed by atoms with Crippen molar-refractivity contribution in [3.05, 3.63) is 34.4 Å². The first-order chi connectivity index (χ1) is 12.4. The average Bonchev–Trinajstić information content (AvgIpc) is 2.68. The summed E-state index contributed by atoms with van der Waals surface area (Å²) in [5.41, 5.74) is -0.430. The third kappa shape index (κ3) is 4.57. The number of piperidine rings is 1. The van der Waals surface area contributed by atoms with Crippen molar-refractivity contribution in [1.82, 2.24) is 14.5 Å². The fourth-order valence-corrected chi connectivity index (χ4v) is 5.02. The molecule has 1 N–H and O–H groups in total. The average molecular weight is 419 g/mol. The van der Waals surface area contributed by atoms with Crippen molar-refractivity contribution in [3.8, 4) is 0 Å². The molecule has 2 aliphatic heterocycles. The Kier molecular flexibility index (Phi) is 7.15. The number of hydrogen-bond acceptors (Lipinski definition) is 6. The predicted molar refractivity (Wildman–Crippen MR) is 101 cm³/mol. The van der Waals surface area contributed by atoms with Crippen molar-refractivity contribution in [3.63, 3.8) is 0 Å². The van der Waals surface area contributed by atoms with Crippen LogP contribution in [0.5, 0.6) is 0 Å². The second-order valence-electron chi connectivity index (χ2n) is 6.48. The Morgan fingerprint density at radius 2 is 1.70 bits per heavy atom. The van der Waals surface area contributed by atoms with Crippen molar-refractivity contribution < 1.29 is 18.1 Å². The molecule has 2 aliphatic rings. The van der Waals surface area contributed by atoms with Crippen LogP contribution in [0.4, 0.5) is 5.69 Å². The molecule has 11 heteroatoms. The van der Waals surface area contributed by atoms with Crippen LogP contribution in [0.25, 0.3) is 0 Å². The van der Waals surface area contributed by atoms with Gasteiger partial charge in [-0.1, -0.05) is 12.1 Å². The van der Waals surface area contributed by atoms with E-state index >= 15 is 0 Å². The number of nitro benzene ring substituents is 1. The number of halogens is 1. The van der Waals surface area contributed by atoms with Gasteiger partial charge in [-0.15, -0.1) is 12.4 Å². The number of hydrogen-bond donors (Lipinski definition) is 1. The van der Waals surface area contributed by atoms with Crippen LogP contribution in [-0.4, -0.2) is 67.7 Å². The Morgan fingerprint density at radius 3 is 2.30 bits per heavy atom. The maximum atomic E-state index is 12.8. The summed E-state index contributed by atoms with van der Waals surface area (Å²) in [6, 6.07) is 5.34. The van der Waals surface area contributed by atoms with E-state index in [1.807, 2.05) is 0 Å². The standard InChI is InChI=1S/C16H22N4O5S.ClH/c21-16(13-5-7-17-8-6-13)18-9-11-19(12-10-18)26(24,25)15-4-2-1-3-14(15)20(22)23;/h1-4,13,17H,5-12H2;1H. The topological polar surface area (TPSA) is 113 Å². The van der Waals surface area contributed by atoms with Crippen molar-refractivity contribution in [2.75, 3.05) is 39.3 Å². The lowest BCUT2D eigenvalue weighted by Gasteiger charge is -2.36. The van der Waals surface area contributed by atoms with Gasteiger partial charge in [-0.05, 0) is 32.0 Å². The van der Waals surface area contributed by atoms with Crippen LogP contribution in [-0.2, 0) is 14.8 Å². The highest BCUT2D eigenvalue weighted by molar-refractivity contribution is 7.89. The van der Waals surface area contributed by atoms with Crippen molar-refractivity contribution in [1.29, 1.82) is 0 Å². The molecule has 0 saturated carbocycles. The molecule has 2 heterocycles. The molecule has 2 saturated heterocycles. The number of benzene rings is 1. The predicted octanol–water partition coefficient (Wildman–Crippen LogP) is 0.849. The minimum atomic E-state index is -3.97. The SMILES string of the molecule is Cl.O=C(C1CCNCC1)N1CCN(S(=O)(=O)c2ccccc2[N+](=O)[O-])CC1. The molecule has 2 fully saturated rings. The Bertz CT molecular complexity index is 790. The van der Waals surface area contributed by atoms with Crippen molar-refractivity contribution >= 4 is 34.0 Å². The summed E-state index contributed by atoms with van der Waals surface area (Å²) in [6.07, 6.45) is 1.60. The maximum absolute atomic E-state index is 12.8. The van der Waals surface area contributed by atoms with E-state index in [9.17, 15) is 23.3 Å². The molecular weight excluding hydrogens is 396 g/mol. The number of sulfonamides is 1. The maximum Gasteiger partial charge on any atom is 0.289 e. The highest BCUT2D eigenvalue weighted by atomic mass is 35.5. The number of carbonyl (C=O) groups is 1. The Morgan fingerprint density at radius 1 is 1.11 bits per heavy atom. The summed E-state index contributed by atoms with van der Waals surface area (Å²) in [4.78, 5) is 24.4. The molecule has 0 aliphatic carbocycles. The van der Waals surface area contributed by atoms with Gasteiger partial charge in [0.05, 0.1) is 4.92 Å². The zero-order valence-electron chi connectivity index (χ0n) is 14.7. The largest absolute Gasteiger partial charge is 0.340 e. The summed E-state index contributed by atoms with van der Waals surface area (Å²) in [6.45, 7) is 2.55. The van der Waals surface area contributed by atoms with Crippen LogP contribution in [0.3, 0.4) is 0 Å².